The molecule has 9 heteroatoms. The zero-order chi connectivity index (χ0) is 43.6. The highest BCUT2D eigenvalue weighted by atomic mass is 16.5. The van der Waals surface area contributed by atoms with E-state index in [4.69, 9.17) is 19.2 Å². The highest BCUT2D eigenvalue weighted by Gasteiger charge is 2.28. The molecule has 0 aromatic carbocycles. The first-order valence-corrected chi connectivity index (χ1v) is 22.5. The van der Waals surface area contributed by atoms with Crippen LogP contribution in [-0.4, -0.2) is 95.7 Å². The summed E-state index contributed by atoms with van der Waals surface area (Å²) >= 11 is 0. The van der Waals surface area contributed by atoms with Gasteiger partial charge in [0, 0.05) is 73.4 Å². The first-order valence-electron chi connectivity index (χ1n) is 22.5. The lowest BCUT2D eigenvalue weighted by Gasteiger charge is -2.35. The van der Waals surface area contributed by atoms with Crippen LogP contribution in [-0.2, 0) is 22.0 Å². The van der Waals surface area contributed by atoms with Crippen molar-refractivity contribution >= 4 is 0 Å². The van der Waals surface area contributed by atoms with E-state index in [9.17, 15) is 0 Å². The molecule has 0 spiro atoms. The van der Waals surface area contributed by atoms with E-state index in [0.717, 1.165) is 77.1 Å². The number of hydrogen-bond acceptors (Lipinski definition) is 9. The summed E-state index contributed by atoms with van der Waals surface area (Å²) in [5.41, 5.74) is 3.58. The van der Waals surface area contributed by atoms with Crippen LogP contribution in [0.25, 0.3) is 0 Å². The van der Waals surface area contributed by atoms with E-state index in [0.29, 0.717) is 23.3 Å². The van der Waals surface area contributed by atoms with Gasteiger partial charge in [-0.15, -0.1) is 0 Å². The molecular formula is C49H88N6O3. The maximum absolute atomic E-state index is 6.57. The molecule has 0 radical (unpaired) electrons. The average molecular weight is 809 g/mol. The minimum atomic E-state index is -0.203. The van der Waals surface area contributed by atoms with Crippen LogP contribution < -0.4 is 25.4 Å². The largest absolute Gasteiger partial charge is 0.473 e. The molecule has 2 aromatic rings. The van der Waals surface area contributed by atoms with E-state index in [2.05, 4.69) is 168 Å². The van der Waals surface area contributed by atoms with Gasteiger partial charge in [-0.1, -0.05) is 55.4 Å². The SMILES string of the molecule is C[C@H](CNC(C)(C)C)Oc1cc(C(C)(C)Cc2cc(C(C)(C)C)cc(O[C@@H](C)CNC(C)(C)CCC(C)(C)NCCOC3CCN(CCC(C)(C)C)CC3)n2)ccn1. The molecule has 332 valence electrons. The van der Waals surface area contributed by atoms with Gasteiger partial charge < -0.3 is 35.1 Å². The van der Waals surface area contributed by atoms with Crippen molar-refractivity contribution in [3.8, 4) is 11.8 Å². The number of ether oxygens (including phenoxy) is 3. The number of piperidine rings is 1. The number of hydrogen-bond donors (Lipinski definition) is 3. The van der Waals surface area contributed by atoms with Gasteiger partial charge in [-0.05, 0) is 147 Å². The molecular weight excluding hydrogens is 721 g/mol. The number of rotatable bonds is 22. The molecule has 0 amide bonds. The Balaban J connectivity index is 1.50. The second-order valence-electron chi connectivity index (χ2n) is 22.7. The minimum absolute atomic E-state index is 0.00162. The maximum Gasteiger partial charge on any atom is 0.214 e. The summed E-state index contributed by atoms with van der Waals surface area (Å²) in [6, 6.07) is 8.55. The number of nitrogens with zero attached hydrogens (tertiary/aromatic N) is 3. The topological polar surface area (TPSA) is 92.8 Å². The van der Waals surface area contributed by atoms with E-state index in [1.54, 1.807) is 0 Å². The Morgan fingerprint density at radius 3 is 1.86 bits per heavy atom. The van der Waals surface area contributed by atoms with Crippen molar-refractivity contribution < 1.29 is 14.2 Å². The number of aromatic nitrogens is 2. The molecule has 1 aliphatic heterocycles. The second-order valence-corrected chi connectivity index (χ2v) is 22.7. The lowest BCUT2D eigenvalue weighted by molar-refractivity contribution is 0.00553. The fraction of sp³-hybridized carbons (Fsp3) is 0.796. The Labute approximate surface area is 356 Å². The van der Waals surface area contributed by atoms with Crippen molar-refractivity contribution in [1.82, 2.24) is 30.8 Å². The molecule has 3 rings (SSSR count). The molecule has 0 bridgehead atoms. The monoisotopic (exact) mass is 809 g/mol. The highest BCUT2D eigenvalue weighted by Crippen LogP contribution is 2.33. The van der Waals surface area contributed by atoms with Crippen LogP contribution in [0.4, 0.5) is 0 Å². The third kappa shape index (κ3) is 19.4. The van der Waals surface area contributed by atoms with Crippen LogP contribution in [0, 0.1) is 5.41 Å². The van der Waals surface area contributed by atoms with Gasteiger partial charge in [0.1, 0.15) is 12.2 Å². The predicted molar refractivity (Wildman–Crippen MR) is 245 cm³/mol. The fourth-order valence-corrected chi connectivity index (χ4v) is 7.17. The van der Waals surface area contributed by atoms with Gasteiger partial charge in [-0.3, -0.25) is 0 Å². The zero-order valence-electron chi connectivity index (χ0n) is 40.4. The Hall–Kier alpha value is -2.30. The summed E-state index contributed by atoms with van der Waals surface area (Å²) in [5.74, 6) is 1.33. The molecule has 1 aliphatic rings. The molecule has 0 aliphatic carbocycles. The van der Waals surface area contributed by atoms with Crippen LogP contribution in [0.5, 0.6) is 11.8 Å². The lowest BCUT2D eigenvalue weighted by atomic mass is 9.79. The van der Waals surface area contributed by atoms with Crippen LogP contribution in [0.1, 0.15) is 167 Å². The summed E-state index contributed by atoms with van der Waals surface area (Å²) in [6.45, 7) is 44.8. The van der Waals surface area contributed by atoms with Gasteiger partial charge in [-0.25, -0.2) is 9.97 Å². The van der Waals surface area contributed by atoms with Gasteiger partial charge in [0.25, 0.3) is 0 Å². The van der Waals surface area contributed by atoms with Crippen molar-refractivity contribution in [3.05, 3.63) is 47.3 Å². The predicted octanol–water partition coefficient (Wildman–Crippen LogP) is 9.65. The third-order valence-corrected chi connectivity index (χ3v) is 11.4. The van der Waals surface area contributed by atoms with Gasteiger partial charge in [0.15, 0.2) is 0 Å². The van der Waals surface area contributed by atoms with Crippen LogP contribution in [0.15, 0.2) is 30.5 Å². The normalized spacial score (nSPS) is 16.7. The maximum atomic E-state index is 6.57. The first kappa shape index (κ1) is 50.1. The molecule has 3 heterocycles. The quantitative estimate of drug-likeness (QED) is 0.101. The lowest BCUT2D eigenvalue weighted by Crippen LogP contribution is -2.48. The number of likely N-dealkylation sites (tertiary alicyclic amines) is 1. The zero-order valence-corrected chi connectivity index (χ0v) is 40.4. The number of nitrogens with one attached hydrogen (secondary N) is 3. The summed E-state index contributed by atoms with van der Waals surface area (Å²) in [5, 5.41) is 11.1. The van der Waals surface area contributed by atoms with E-state index in [1.165, 1.54) is 24.1 Å². The second kappa shape index (κ2) is 21.0. The molecule has 0 saturated carbocycles. The van der Waals surface area contributed by atoms with Crippen molar-refractivity contribution in [3.63, 3.8) is 0 Å². The van der Waals surface area contributed by atoms with Crippen molar-refractivity contribution in [1.29, 1.82) is 0 Å². The summed E-state index contributed by atoms with van der Waals surface area (Å²) in [7, 11) is 0. The van der Waals surface area contributed by atoms with Gasteiger partial charge in [0.2, 0.25) is 11.8 Å². The molecule has 0 unspecified atom stereocenters. The van der Waals surface area contributed by atoms with Crippen molar-refractivity contribution in [2.75, 3.05) is 45.9 Å². The Morgan fingerprint density at radius 2 is 1.28 bits per heavy atom. The smallest absolute Gasteiger partial charge is 0.214 e. The Bertz CT molecular complexity index is 1510. The molecule has 2 aromatic heterocycles. The molecule has 1 fully saturated rings. The number of pyridine rings is 2. The van der Waals surface area contributed by atoms with Crippen LogP contribution >= 0.6 is 0 Å². The van der Waals surface area contributed by atoms with E-state index >= 15 is 0 Å². The Morgan fingerprint density at radius 1 is 0.707 bits per heavy atom. The third-order valence-electron chi connectivity index (χ3n) is 11.4. The van der Waals surface area contributed by atoms with Gasteiger partial charge in [-0.2, -0.15) is 0 Å². The highest BCUT2D eigenvalue weighted by molar-refractivity contribution is 5.34. The molecule has 9 nitrogen and oxygen atoms in total. The van der Waals surface area contributed by atoms with Crippen LogP contribution in [0.3, 0.4) is 0 Å². The standard InChI is InChI=1S/C49H88N6O3/c1-36(34-52-46(9,10)11)57-42-31-38(18-24-50-42)47(12,13)33-40-30-39(45(6,7)8)32-43(54-40)58-37(2)35-53-49(16,17)22-21-48(14,15)51-25-29-56-41-19-26-55(27-20-41)28-23-44(3,4)5/h18,24,30-32,36-37,41,51-53H,19-23,25-29,33-35H2,1-17H3/t36-,37+/m1/s1. The summed E-state index contributed by atoms with van der Waals surface area (Å²) in [6.07, 6.45) is 8.59. The first-order chi connectivity index (χ1) is 26.6. The Kier molecular flexibility index (Phi) is 18.1. The molecule has 1 saturated heterocycles. The van der Waals surface area contributed by atoms with Gasteiger partial charge in [0.05, 0.1) is 12.7 Å². The van der Waals surface area contributed by atoms with Crippen molar-refractivity contribution in [2.45, 2.75) is 202 Å². The van der Waals surface area contributed by atoms with Gasteiger partial charge >= 0.3 is 0 Å². The van der Waals surface area contributed by atoms with E-state index in [1.807, 2.05) is 6.20 Å². The molecule has 3 N–H and O–H groups in total. The van der Waals surface area contributed by atoms with E-state index < -0.39 is 0 Å². The van der Waals surface area contributed by atoms with E-state index in [-0.39, 0.29) is 39.7 Å². The average Bonchev–Trinajstić information content (AvgIpc) is 3.09. The summed E-state index contributed by atoms with van der Waals surface area (Å²) in [4.78, 5) is 12.2. The van der Waals surface area contributed by atoms with Crippen molar-refractivity contribution in [2.24, 2.45) is 5.41 Å². The molecule has 58 heavy (non-hydrogen) atoms. The minimum Gasteiger partial charge on any atom is -0.473 e. The fourth-order valence-electron chi connectivity index (χ4n) is 7.17. The van der Waals surface area contributed by atoms with Crippen LogP contribution in [0.2, 0.25) is 0 Å². The molecule has 2 atom stereocenters. The summed E-state index contributed by atoms with van der Waals surface area (Å²) < 4.78 is 19.1.